The van der Waals surface area contributed by atoms with Crippen LogP contribution in [0.25, 0.3) is 0 Å². The molecule has 3 nitrogen and oxygen atoms in total. The van der Waals surface area contributed by atoms with E-state index in [9.17, 15) is 0 Å². The summed E-state index contributed by atoms with van der Waals surface area (Å²) >= 11 is 0. The Morgan fingerprint density at radius 3 is 2.33 bits per heavy atom. The molecule has 0 bridgehead atoms. The van der Waals surface area contributed by atoms with Crippen LogP contribution < -0.4 is 0 Å². The lowest BCUT2D eigenvalue weighted by Crippen LogP contribution is -2.56. The number of allylic oxidation sites excluding steroid dienone is 2. The van der Waals surface area contributed by atoms with Gasteiger partial charge in [-0.15, -0.1) is 0 Å². The highest BCUT2D eigenvalue weighted by atomic mass is 17.2. The molecule has 1 fully saturated rings. The average molecular weight is 298 g/mol. The molecule has 21 heavy (non-hydrogen) atoms. The monoisotopic (exact) mass is 298 g/mol. The second-order valence-corrected chi connectivity index (χ2v) is 7.28. The van der Waals surface area contributed by atoms with Gasteiger partial charge in [0.15, 0.2) is 6.29 Å². The molecular formula is C18H34O3. The van der Waals surface area contributed by atoms with Gasteiger partial charge in [-0.3, -0.25) is 0 Å². The van der Waals surface area contributed by atoms with Crippen molar-refractivity contribution in [1.29, 1.82) is 0 Å². The van der Waals surface area contributed by atoms with Gasteiger partial charge in [0.05, 0.1) is 5.60 Å². The van der Waals surface area contributed by atoms with Gasteiger partial charge in [-0.2, -0.15) is 0 Å². The zero-order chi connectivity index (χ0) is 15.9. The number of unbranched alkanes of at least 4 members (excludes halogenated alkanes) is 2. The Morgan fingerprint density at radius 1 is 1.05 bits per heavy atom. The average Bonchev–Trinajstić information content (AvgIpc) is 2.38. The van der Waals surface area contributed by atoms with Gasteiger partial charge in [-0.1, -0.05) is 38.8 Å². The second kappa shape index (κ2) is 8.30. The van der Waals surface area contributed by atoms with Gasteiger partial charge in [-0.05, 0) is 52.9 Å². The highest BCUT2D eigenvalue weighted by Crippen LogP contribution is 2.36. The molecule has 1 saturated heterocycles. The Hall–Kier alpha value is -0.380. The fraction of sp³-hybridized carbons (Fsp3) is 0.889. The molecule has 0 N–H and O–H groups in total. The van der Waals surface area contributed by atoms with Crippen molar-refractivity contribution in [3.05, 3.63) is 12.2 Å². The predicted octanol–water partition coefficient (Wildman–Crippen LogP) is 5.40. The summed E-state index contributed by atoms with van der Waals surface area (Å²) in [5.74, 6) is 0.562. The molecule has 3 heteroatoms. The number of ether oxygens (including phenoxy) is 1. The zero-order valence-corrected chi connectivity index (χ0v) is 14.8. The van der Waals surface area contributed by atoms with Crippen LogP contribution in [-0.4, -0.2) is 17.5 Å². The van der Waals surface area contributed by atoms with Crippen LogP contribution >= 0.6 is 0 Å². The van der Waals surface area contributed by atoms with Crippen molar-refractivity contribution in [2.45, 2.75) is 97.6 Å². The van der Waals surface area contributed by atoms with Crippen LogP contribution in [0.2, 0.25) is 0 Å². The molecule has 0 aromatic heterocycles. The van der Waals surface area contributed by atoms with Crippen LogP contribution in [0.5, 0.6) is 0 Å². The molecular weight excluding hydrogens is 264 g/mol. The number of hydrogen-bond donors (Lipinski definition) is 0. The standard InChI is InChI=1S/C18H34O3/c1-7-8-9-10-11-12-13-15(2)14-16-19-17(3,4)18(5,6)21-20-16/h10-11,15-16H,7-9,12-14H2,1-6H3. The van der Waals surface area contributed by atoms with E-state index in [1.165, 1.54) is 19.3 Å². The summed E-state index contributed by atoms with van der Waals surface area (Å²) in [6.07, 6.45) is 11.3. The van der Waals surface area contributed by atoms with Crippen molar-refractivity contribution in [2.75, 3.05) is 0 Å². The van der Waals surface area contributed by atoms with Gasteiger partial charge in [-0.25, -0.2) is 9.78 Å². The molecule has 0 radical (unpaired) electrons. The molecule has 1 heterocycles. The first kappa shape index (κ1) is 18.7. The molecule has 1 rings (SSSR count). The van der Waals surface area contributed by atoms with Crippen LogP contribution in [0.4, 0.5) is 0 Å². The third-order valence-corrected chi connectivity index (χ3v) is 4.55. The summed E-state index contributed by atoms with van der Waals surface area (Å²) in [6.45, 7) is 12.6. The van der Waals surface area contributed by atoms with Crippen LogP contribution in [0, 0.1) is 5.92 Å². The molecule has 0 spiro atoms. The van der Waals surface area contributed by atoms with E-state index in [4.69, 9.17) is 14.5 Å². The summed E-state index contributed by atoms with van der Waals surface area (Å²) < 4.78 is 6.05. The summed E-state index contributed by atoms with van der Waals surface area (Å²) in [6, 6.07) is 0. The lowest BCUT2D eigenvalue weighted by atomic mass is 9.89. The lowest BCUT2D eigenvalue weighted by molar-refractivity contribution is -0.501. The summed E-state index contributed by atoms with van der Waals surface area (Å²) in [7, 11) is 0. The van der Waals surface area contributed by atoms with E-state index in [0.29, 0.717) is 5.92 Å². The van der Waals surface area contributed by atoms with Crippen LogP contribution in [-0.2, 0) is 14.5 Å². The van der Waals surface area contributed by atoms with Crippen molar-refractivity contribution in [1.82, 2.24) is 0 Å². The Kier molecular flexibility index (Phi) is 7.38. The number of rotatable bonds is 8. The Balaban J connectivity index is 2.26. The van der Waals surface area contributed by atoms with Crippen molar-refractivity contribution in [3.8, 4) is 0 Å². The van der Waals surface area contributed by atoms with Gasteiger partial charge in [0.25, 0.3) is 0 Å². The lowest BCUT2D eigenvalue weighted by Gasteiger charge is -2.46. The van der Waals surface area contributed by atoms with Crippen molar-refractivity contribution < 1.29 is 14.5 Å². The minimum Gasteiger partial charge on any atom is -0.341 e. The highest BCUT2D eigenvalue weighted by molar-refractivity contribution is 4.90. The van der Waals surface area contributed by atoms with E-state index in [1.54, 1.807) is 0 Å². The number of hydrogen-bond acceptors (Lipinski definition) is 3. The molecule has 1 aliphatic heterocycles. The van der Waals surface area contributed by atoms with Crippen LogP contribution in [0.1, 0.15) is 80.1 Å². The first-order chi connectivity index (χ1) is 9.78. The molecule has 0 aliphatic carbocycles. The summed E-state index contributed by atoms with van der Waals surface area (Å²) in [4.78, 5) is 10.9. The Labute approximate surface area is 131 Å². The minimum atomic E-state index is -0.422. The molecule has 1 aliphatic rings. The van der Waals surface area contributed by atoms with Crippen LogP contribution in [0.15, 0.2) is 12.2 Å². The van der Waals surface area contributed by atoms with Gasteiger partial charge < -0.3 is 4.74 Å². The van der Waals surface area contributed by atoms with Crippen molar-refractivity contribution in [2.24, 2.45) is 5.92 Å². The van der Waals surface area contributed by atoms with Gasteiger partial charge in [0.2, 0.25) is 0 Å². The van der Waals surface area contributed by atoms with Crippen molar-refractivity contribution in [3.63, 3.8) is 0 Å². The highest BCUT2D eigenvalue weighted by Gasteiger charge is 2.46. The normalized spacial score (nSPS) is 26.1. The fourth-order valence-electron chi connectivity index (χ4n) is 2.24. The molecule has 0 aromatic rings. The van der Waals surface area contributed by atoms with Crippen molar-refractivity contribution >= 4 is 0 Å². The maximum absolute atomic E-state index is 6.05. The molecule has 2 unspecified atom stereocenters. The molecule has 124 valence electrons. The smallest absolute Gasteiger partial charge is 0.192 e. The van der Waals surface area contributed by atoms with E-state index in [1.807, 2.05) is 13.8 Å². The van der Waals surface area contributed by atoms with Gasteiger partial charge in [0, 0.05) is 6.42 Å². The minimum absolute atomic E-state index is 0.257. The quantitative estimate of drug-likeness (QED) is 0.341. The molecule has 0 amide bonds. The molecule has 0 saturated carbocycles. The van der Waals surface area contributed by atoms with Gasteiger partial charge >= 0.3 is 0 Å². The third kappa shape index (κ3) is 6.09. The first-order valence-electron chi connectivity index (χ1n) is 8.46. The molecule has 0 aromatic carbocycles. The van der Waals surface area contributed by atoms with E-state index < -0.39 is 5.60 Å². The fourth-order valence-corrected chi connectivity index (χ4v) is 2.24. The largest absolute Gasteiger partial charge is 0.341 e. The predicted molar refractivity (Wildman–Crippen MR) is 86.9 cm³/mol. The second-order valence-electron chi connectivity index (χ2n) is 7.28. The first-order valence-corrected chi connectivity index (χ1v) is 8.46. The maximum Gasteiger partial charge on any atom is 0.192 e. The topological polar surface area (TPSA) is 27.7 Å². The summed E-state index contributed by atoms with van der Waals surface area (Å²) in [5, 5.41) is 0. The SMILES string of the molecule is CCCCC=CCCC(C)CC1OOC(C)(C)C(C)(C)O1. The Bertz CT molecular complexity index is 320. The van der Waals surface area contributed by atoms with E-state index >= 15 is 0 Å². The maximum atomic E-state index is 6.05. The molecule has 2 atom stereocenters. The third-order valence-electron chi connectivity index (χ3n) is 4.55. The van der Waals surface area contributed by atoms with E-state index in [2.05, 4.69) is 39.8 Å². The van der Waals surface area contributed by atoms with Gasteiger partial charge in [0.1, 0.15) is 5.60 Å². The van der Waals surface area contributed by atoms with E-state index in [-0.39, 0.29) is 11.9 Å². The van der Waals surface area contributed by atoms with E-state index in [0.717, 1.165) is 19.3 Å². The summed E-state index contributed by atoms with van der Waals surface area (Å²) in [5.41, 5.74) is -0.759. The zero-order valence-electron chi connectivity index (χ0n) is 14.8. The van der Waals surface area contributed by atoms with Crippen LogP contribution in [0.3, 0.4) is 0 Å². The Morgan fingerprint density at radius 2 is 1.71 bits per heavy atom.